The average Bonchev–Trinajstić information content (AvgIpc) is 1.90. The van der Waals surface area contributed by atoms with Gasteiger partial charge in [0.05, 0.1) is 0 Å². The third-order valence-corrected chi connectivity index (χ3v) is 3.37. The fourth-order valence-electron chi connectivity index (χ4n) is 0.440. The number of rotatable bonds is 0. The molecule has 0 nitrogen and oxygen atoms in total. The van der Waals surface area contributed by atoms with Gasteiger partial charge < -0.3 is 0 Å². The zero-order valence-electron chi connectivity index (χ0n) is 5.36. The minimum atomic E-state index is -3.67. The Morgan fingerprint density at radius 3 is 1.30 bits per heavy atom. The van der Waals surface area contributed by atoms with Crippen molar-refractivity contribution in [2.24, 2.45) is 0 Å². The molecular weight excluding hydrogens is 181 g/mol. The van der Waals surface area contributed by atoms with Crippen LogP contribution in [0.2, 0.25) is 0 Å². The van der Waals surface area contributed by atoms with Gasteiger partial charge in [-0.15, -0.1) is 0 Å². The molecule has 0 bridgehead atoms. The normalized spacial score (nSPS) is 18.0. The highest BCUT2D eigenvalue weighted by molar-refractivity contribution is 8.76. The predicted molar refractivity (Wildman–Crippen MR) is 41.3 cm³/mol. The largest absolute Gasteiger partial charge is 0.379 e. The van der Waals surface area contributed by atoms with Gasteiger partial charge in [-0.2, -0.15) is 13.2 Å². The first kappa shape index (κ1) is 10.5. The molecule has 1 saturated heterocycles. The SMILES string of the molecule is C1CCSSC1.FC(F)F. The lowest BCUT2D eigenvalue weighted by Crippen LogP contribution is -1.86. The zero-order valence-corrected chi connectivity index (χ0v) is 6.99. The second-order valence-electron chi connectivity index (χ2n) is 1.60. The minimum Gasteiger partial charge on any atom is -0.174 e. The third kappa shape index (κ3) is 11.3. The van der Waals surface area contributed by atoms with Gasteiger partial charge in [0.1, 0.15) is 0 Å². The maximum absolute atomic E-state index is 9.67. The van der Waals surface area contributed by atoms with E-state index in [-0.39, 0.29) is 0 Å². The fraction of sp³-hybridized carbons (Fsp3) is 1.00. The highest BCUT2D eigenvalue weighted by atomic mass is 33.1. The Labute approximate surface area is 66.3 Å². The molecule has 62 valence electrons. The summed E-state index contributed by atoms with van der Waals surface area (Å²) in [6.45, 7) is -3.67. The van der Waals surface area contributed by atoms with Crippen LogP contribution in [0.4, 0.5) is 13.2 Å². The molecule has 0 radical (unpaired) electrons. The van der Waals surface area contributed by atoms with Gasteiger partial charge in [0.2, 0.25) is 0 Å². The number of hydrogen-bond acceptors (Lipinski definition) is 2. The molecule has 1 fully saturated rings. The van der Waals surface area contributed by atoms with E-state index in [2.05, 4.69) is 0 Å². The van der Waals surface area contributed by atoms with Gasteiger partial charge in [-0.05, 0) is 12.8 Å². The quantitative estimate of drug-likeness (QED) is 0.537. The second-order valence-corrected chi connectivity index (χ2v) is 4.30. The first-order chi connectivity index (χ1) is 4.73. The average molecular weight is 190 g/mol. The summed E-state index contributed by atoms with van der Waals surface area (Å²) in [7, 11) is 4.02. The summed E-state index contributed by atoms with van der Waals surface area (Å²) in [5.41, 5.74) is 0. The molecule has 1 aliphatic rings. The van der Waals surface area contributed by atoms with Crippen LogP contribution in [0, 0.1) is 0 Å². The smallest absolute Gasteiger partial charge is 0.174 e. The molecule has 0 aromatic heterocycles. The van der Waals surface area contributed by atoms with Crippen LogP contribution in [0.25, 0.3) is 0 Å². The molecule has 1 heterocycles. The lowest BCUT2D eigenvalue weighted by Gasteiger charge is -2.04. The van der Waals surface area contributed by atoms with Gasteiger partial charge in [-0.1, -0.05) is 21.6 Å². The van der Waals surface area contributed by atoms with E-state index in [0.29, 0.717) is 0 Å². The zero-order chi connectivity index (χ0) is 7.82. The molecule has 0 aromatic carbocycles. The van der Waals surface area contributed by atoms with Crippen LogP contribution in [0.5, 0.6) is 0 Å². The van der Waals surface area contributed by atoms with Crippen molar-refractivity contribution in [1.82, 2.24) is 0 Å². The highest BCUT2D eigenvalue weighted by Crippen LogP contribution is 2.28. The van der Waals surface area contributed by atoms with Gasteiger partial charge in [-0.25, -0.2) is 0 Å². The third-order valence-electron chi connectivity index (χ3n) is 0.789. The number of hydrogen-bond donors (Lipinski definition) is 0. The van der Waals surface area contributed by atoms with Gasteiger partial charge >= 0.3 is 6.68 Å². The van der Waals surface area contributed by atoms with Crippen molar-refractivity contribution in [1.29, 1.82) is 0 Å². The molecule has 1 rings (SSSR count). The molecule has 0 atom stereocenters. The summed E-state index contributed by atoms with van der Waals surface area (Å²) >= 11 is 0. The highest BCUT2D eigenvalue weighted by Gasteiger charge is 1.96. The summed E-state index contributed by atoms with van der Waals surface area (Å²) in [6.07, 6.45) is 2.88. The van der Waals surface area contributed by atoms with Crippen molar-refractivity contribution in [3.63, 3.8) is 0 Å². The van der Waals surface area contributed by atoms with E-state index in [0.717, 1.165) is 0 Å². The summed E-state index contributed by atoms with van der Waals surface area (Å²) < 4.78 is 29.0. The second kappa shape index (κ2) is 7.60. The van der Waals surface area contributed by atoms with Crippen molar-refractivity contribution in [3.8, 4) is 0 Å². The van der Waals surface area contributed by atoms with Crippen LogP contribution in [-0.2, 0) is 0 Å². The summed E-state index contributed by atoms with van der Waals surface area (Å²) in [4.78, 5) is 0. The lowest BCUT2D eigenvalue weighted by molar-refractivity contribution is 0.00819. The summed E-state index contributed by atoms with van der Waals surface area (Å²) in [5.74, 6) is 2.76. The topological polar surface area (TPSA) is 0 Å². The standard InChI is InChI=1S/C4H8S2.CHF3/c1-2-4-6-5-3-1;2-1(3)4/h1-4H2;1H. The van der Waals surface area contributed by atoms with Crippen molar-refractivity contribution < 1.29 is 13.2 Å². The molecule has 0 saturated carbocycles. The molecule has 0 aromatic rings. The molecule has 0 unspecified atom stereocenters. The molecule has 0 aliphatic carbocycles. The number of halogens is 3. The fourth-order valence-corrected chi connectivity index (χ4v) is 2.73. The Morgan fingerprint density at radius 2 is 1.20 bits per heavy atom. The Kier molecular flexibility index (Phi) is 7.97. The van der Waals surface area contributed by atoms with Crippen LogP contribution in [0.15, 0.2) is 0 Å². The van der Waals surface area contributed by atoms with Crippen LogP contribution in [0.3, 0.4) is 0 Å². The van der Waals surface area contributed by atoms with Gasteiger partial charge in [0.25, 0.3) is 0 Å². The molecule has 0 N–H and O–H groups in total. The van der Waals surface area contributed by atoms with E-state index in [9.17, 15) is 13.2 Å². The summed E-state index contributed by atoms with van der Waals surface area (Å²) in [5, 5.41) is 0. The molecule has 0 spiro atoms. The van der Waals surface area contributed by atoms with Gasteiger partial charge in [0.15, 0.2) is 0 Å². The van der Waals surface area contributed by atoms with E-state index in [4.69, 9.17) is 0 Å². The molecule has 1 aliphatic heterocycles. The van der Waals surface area contributed by atoms with Crippen molar-refractivity contribution in [2.45, 2.75) is 19.5 Å². The van der Waals surface area contributed by atoms with E-state index in [1.54, 1.807) is 0 Å². The van der Waals surface area contributed by atoms with E-state index in [1.807, 2.05) is 21.6 Å². The maximum atomic E-state index is 9.67. The maximum Gasteiger partial charge on any atom is 0.379 e. The van der Waals surface area contributed by atoms with Crippen LogP contribution in [-0.4, -0.2) is 18.2 Å². The molecular formula is C5H9F3S2. The Bertz CT molecular complexity index is 51.6. The van der Waals surface area contributed by atoms with Crippen molar-refractivity contribution >= 4 is 21.6 Å². The van der Waals surface area contributed by atoms with Crippen LogP contribution >= 0.6 is 21.6 Å². The predicted octanol–water partition coefficient (Wildman–Crippen LogP) is 3.34. The van der Waals surface area contributed by atoms with Crippen molar-refractivity contribution in [3.05, 3.63) is 0 Å². The van der Waals surface area contributed by atoms with E-state index < -0.39 is 6.68 Å². The van der Waals surface area contributed by atoms with Gasteiger partial charge in [-0.3, -0.25) is 0 Å². The van der Waals surface area contributed by atoms with Gasteiger partial charge in [0, 0.05) is 11.5 Å². The Morgan fingerprint density at radius 1 is 0.900 bits per heavy atom. The van der Waals surface area contributed by atoms with Crippen molar-refractivity contribution in [2.75, 3.05) is 11.5 Å². The monoisotopic (exact) mass is 190 g/mol. The van der Waals surface area contributed by atoms with Crippen LogP contribution < -0.4 is 0 Å². The Hall–Kier alpha value is 0.490. The first-order valence-electron chi connectivity index (χ1n) is 2.90. The first-order valence-corrected chi connectivity index (χ1v) is 5.39. The summed E-state index contributed by atoms with van der Waals surface area (Å²) in [6, 6.07) is 0. The molecule has 10 heavy (non-hydrogen) atoms. The number of alkyl halides is 3. The molecule has 0 amide bonds. The van der Waals surface area contributed by atoms with Crippen LogP contribution in [0.1, 0.15) is 12.8 Å². The minimum absolute atomic E-state index is 1.38. The van der Waals surface area contributed by atoms with E-state index in [1.165, 1.54) is 24.3 Å². The Balaban J connectivity index is 0.000000180. The van der Waals surface area contributed by atoms with E-state index >= 15 is 0 Å². The lowest BCUT2D eigenvalue weighted by atomic mass is 10.4. The molecule has 5 heteroatoms.